The number of nitrogens with zero attached hydrogens (tertiary/aromatic N) is 2. The molecule has 0 radical (unpaired) electrons. The highest BCUT2D eigenvalue weighted by Gasteiger charge is 2.09. The molecule has 88 valence electrons. The van der Waals surface area contributed by atoms with E-state index < -0.39 is 17.1 Å². The van der Waals surface area contributed by atoms with Crippen molar-refractivity contribution < 1.29 is 4.39 Å². The van der Waals surface area contributed by atoms with Gasteiger partial charge in [0.05, 0.1) is 12.7 Å². The lowest BCUT2D eigenvalue weighted by atomic mass is 10.2. The van der Waals surface area contributed by atoms with E-state index in [9.17, 15) is 14.0 Å². The fourth-order valence-electron chi connectivity index (χ4n) is 1.49. The molecule has 0 aliphatic heterocycles. The lowest BCUT2D eigenvalue weighted by molar-refractivity contribution is 0.537. The summed E-state index contributed by atoms with van der Waals surface area (Å²) in [5.74, 6) is 4.20. The molecule has 2 aromatic rings. The fraction of sp³-hybridized carbons (Fsp3) is 0.0909. The van der Waals surface area contributed by atoms with Crippen LogP contribution in [-0.4, -0.2) is 9.24 Å². The van der Waals surface area contributed by atoms with E-state index in [1.165, 1.54) is 0 Å². The monoisotopic (exact) mass is 235 g/mol. The number of benzene rings is 1. The van der Waals surface area contributed by atoms with Crippen LogP contribution in [0.2, 0.25) is 0 Å². The Morgan fingerprint density at radius 2 is 1.82 bits per heavy atom. The summed E-state index contributed by atoms with van der Waals surface area (Å²) < 4.78 is 14.5. The smallest absolute Gasteiger partial charge is 0.335 e. The van der Waals surface area contributed by atoms with E-state index in [2.05, 4.69) is 0 Å². The van der Waals surface area contributed by atoms with Gasteiger partial charge in [0, 0.05) is 0 Å². The normalized spacial score (nSPS) is 10.4. The Hall–Kier alpha value is -2.37. The third-order valence-corrected chi connectivity index (χ3v) is 2.34. The third kappa shape index (κ3) is 2.10. The molecule has 17 heavy (non-hydrogen) atoms. The first-order valence-corrected chi connectivity index (χ1v) is 4.90. The van der Waals surface area contributed by atoms with Gasteiger partial charge in [-0.1, -0.05) is 30.3 Å². The average molecular weight is 235 g/mol. The lowest BCUT2D eigenvalue weighted by Gasteiger charge is -2.06. The molecule has 0 amide bonds. The second-order valence-corrected chi connectivity index (χ2v) is 3.54. The number of nitrogen functional groups attached to an aromatic ring is 1. The maximum atomic E-state index is 13.1. The highest BCUT2D eigenvalue weighted by molar-refractivity contribution is 5.15. The standard InChI is InChI=1S/C11H10FN3O2/c12-9-7-15(13)11(17)14(10(9)16)6-8-4-2-1-3-5-8/h1-5,7H,6,13H2. The zero-order valence-corrected chi connectivity index (χ0v) is 8.84. The number of hydrogen-bond donors (Lipinski definition) is 1. The second-order valence-electron chi connectivity index (χ2n) is 3.54. The highest BCUT2D eigenvalue weighted by atomic mass is 19.1. The van der Waals surface area contributed by atoms with E-state index in [0.717, 1.165) is 10.1 Å². The first-order valence-electron chi connectivity index (χ1n) is 4.90. The van der Waals surface area contributed by atoms with Crippen LogP contribution >= 0.6 is 0 Å². The van der Waals surface area contributed by atoms with Crippen LogP contribution in [-0.2, 0) is 6.54 Å². The molecular formula is C11H10FN3O2. The van der Waals surface area contributed by atoms with Gasteiger partial charge in [-0.25, -0.2) is 9.47 Å². The molecule has 0 atom stereocenters. The Balaban J connectivity index is 2.54. The summed E-state index contributed by atoms with van der Waals surface area (Å²) in [6, 6.07) is 8.80. The fourth-order valence-corrected chi connectivity index (χ4v) is 1.49. The number of rotatable bonds is 2. The van der Waals surface area contributed by atoms with E-state index in [1.54, 1.807) is 30.3 Å². The maximum absolute atomic E-state index is 13.1. The Bertz CT molecular complexity index is 612. The van der Waals surface area contributed by atoms with E-state index in [1.807, 2.05) is 0 Å². The van der Waals surface area contributed by atoms with Crippen molar-refractivity contribution in [2.45, 2.75) is 6.54 Å². The van der Waals surface area contributed by atoms with Gasteiger partial charge in [0.2, 0.25) is 5.82 Å². The number of halogens is 1. The predicted molar refractivity (Wildman–Crippen MR) is 60.6 cm³/mol. The van der Waals surface area contributed by atoms with Crippen molar-refractivity contribution in [2.24, 2.45) is 0 Å². The quantitative estimate of drug-likeness (QED) is 0.739. The minimum absolute atomic E-state index is 0.00648. The van der Waals surface area contributed by atoms with Gasteiger partial charge in [-0.2, -0.15) is 4.39 Å². The summed E-state index contributed by atoms with van der Waals surface area (Å²) in [5, 5.41) is 0. The maximum Gasteiger partial charge on any atom is 0.349 e. The van der Waals surface area contributed by atoms with Crippen molar-refractivity contribution in [1.29, 1.82) is 0 Å². The van der Waals surface area contributed by atoms with Crippen LogP contribution in [0.5, 0.6) is 0 Å². The van der Waals surface area contributed by atoms with Crippen molar-refractivity contribution in [1.82, 2.24) is 9.24 Å². The molecule has 0 aliphatic carbocycles. The predicted octanol–water partition coefficient (Wildman–Crippen LogP) is -0.0888. The van der Waals surface area contributed by atoms with Crippen LogP contribution in [0.3, 0.4) is 0 Å². The molecule has 5 nitrogen and oxygen atoms in total. The molecule has 0 aliphatic rings. The summed E-state index contributed by atoms with van der Waals surface area (Å²) in [4.78, 5) is 23.0. The molecule has 0 spiro atoms. The van der Waals surface area contributed by atoms with E-state index in [0.29, 0.717) is 10.9 Å². The van der Waals surface area contributed by atoms with Crippen LogP contribution in [0.4, 0.5) is 4.39 Å². The van der Waals surface area contributed by atoms with Gasteiger partial charge in [-0.05, 0) is 5.56 Å². The molecule has 2 N–H and O–H groups in total. The Labute approximate surface area is 95.5 Å². The topological polar surface area (TPSA) is 70.0 Å². The summed E-state index contributed by atoms with van der Waals surface area (Å²) in [6.07, 6.45) is 0.673. The molecule has 1 heterocycles. The zero-order valence-electron chi connectivity index (χ0n) is 8.84. The van der Waals surface area contributed by atoms with E-state index in [-0.39, 0.29) is 6.54 Å². The Morgan fingerprint density at radius 3 is 2.47 bits per heavy atom. The van der Waals surface area contributed by atoms with Crippen molar-refractivity contribution in [3.8, 4) is 0 Å². The van der Waals surface area contributed by atoms with Crippen molar-refractivity contribution >= 4 is 0 Å². The molecule has 0 unspecified atom stereocenters. The van der Waals surface area contributed by atoms with Crippen LogP contribution < -0.4 is 17.1 Å². The van der Waals surface area contributed by atoms with Crippen LogP contribution in [0, 0.1) is 5.82 Å². The van der Waals surface area contributed by atoms with Gasteiger partial charge >= 0.3 is 5.69 Å². The minimum atomic E-state index is -1.05. The SMILES string of the molecule is Nn1cc(F)c(=O)n(Cc2ccccc2)c1=O. The molecule has 0 saturated heterocycles. The van der Waals surface area contributed by atoms with Gasteiger partial charge in [-0.3, -0.25) is 9.36 Å². The van der Waals surface area contributed by atoms with Crippen molar-refractivity contribution in [3.63, 3.8) is 0 Å². The molecule has 0 saturated carbocycles. The summed E-state index contributed by atoms with van der Waals surface area (Å²) in [6.45, 7) is -0.00648. The van der Waals surface area contributed by atoms with Crippen molar-refractivity contribution in [3.05, 3.63) is 68.7 Å². The summed E-state index contributed by atoms with van der Waals surface area (Å²) >= 11 is 0. The first kappa shape index (κ1) is 11.1. The second kappa shape index (κ2) is 4.25. The Kier molecular flexibility index (Phi) is 2.78. The number of nitrogens with two attached hydrogens (primary N) is 1. The van der Waals surface area contributed by atoms with Gasteiger partial charge in [0.25, 0.3) is 5.56 Å². The van der Waals surface area contributed by atoms with Gasteiger partial charge in [0.15, 0.2) is 0 Å². The lowest BCUT2D eigenvalue weighted by Crippen LogP contribution is -2.44. The van der Waals surface area contributed by atoms with Crippen LogP contribution in [0.1, 0.15) is 5.56 Å². The van der Waals surface area contributed by atoms with Gasteiger partial charge < -0.3 is 5.84 Å². The average Bonchev–Trinajstić information content (AvgIpc) is 2.33. The van der Waals surface area contributed by atoms with Crippen LogP contribution in [0.25, 0.3) is 0 Å². The largest absolute Gasteiger partial charge is 0.349 e. The highest BCUT2D eigenvalue weighted by Crippen LogP contribution is 1.98. The van der Waals surface area contributed by atoms with Crippen LogP contribution in [0.15, 0.2) is 46.1 Å². The van der Waals surface area contributed by atoms with Gasteiger partial charge in [-0.15, -0.1) is 0 Å². The number of aromatic nitrogens is 2. The van der Waals surface area contributed by atoms with E-state index in [4.69, 9.17) is 5.84 Å². The Morgan fingerprint density at radius 1 is 1.18 bits per heavy atom. The molecular weight excluding hydrogens is 225 g/mol. The van der Waals surface area contributed by atoms with Crippen molar-refractivity contribution in [2.75, 3.05) is 5.84 Å². The third-order valence-electron chi connectivity index (χ3n) is 2.34. The first-order chi connectivity index (χ1) is 8.09. The van der Waals surface area contributed by atoms with Gasteiger partial charge in [0.1, 0.15) is 0 Å². The minimum Gasteiger partial charge on any atom is -0.335 e. The summed E-state index contributed by atoms with van der Waals surface area (Å²) in [7, 11) is 0. The van der Waals surface area contributed by atoms with E-state index >= 15 is 0 Å². The molecule has 1 aromatic carbocycles. The number of hydrogen-bond acceptors (Lipinski definition) is 3. The zero-order chi connectivity index (χ0) is 12.4. The molecule has 0 fully saturated rings. The molecule has 2 rings (SSSR count). The summed E-state index contributed by atoms with van der Waals surface area (Å²) in [5.41, 5.74) is -1.00. The molecule has 0 bridgehead atoms. The molecule has 1 aromatic heterocycles. The molecule has 6 heteroatoms.